The first-order valence-electron chi connectivity index (χ1n) is 18.5. The fourth-order valence-corrected chi connectivity index (χ4v) is 9.96. The van der Waals surface area contributed by atoms with Gasteiger partial charge in [0, 0.05) is 58.6 Å². The zero-order valence-electron chi connectivity index (χ0n) is 30.6. The van der Waals surface area contributed by atoms with Gasteiger partial charge < -0.3 is 20.1 Å². The number of carbonyl (C=O) groups excluding carboxylic acids is 2. The first-order valence-corrected chi connectivity index (χ1v) is 22.2. The van der Waals surface area contributed by atoms with Crippen molar-refractivity contribution in [1.29, 1.82) is 0 Å². The smallest absolute Gasteiger partial charge is 0.329 e. The van der Waals surface area contributed by atoms with Gasteiger partial charge in [-0.1, -0.05) is 128 Å². The maximum absolute atomic E-state index is 14.0. The maximum Gasteiger partial charge on any atom is 0.329 e. The van der Waals surface area contributed by atoms with Gasteiger partial charge in [0.25, 0.3) is 0 Å². The first kappa shape index (κ1) is 38.6. The van der Waals surface area contributed by atoms with Gasteiger partial charge in [-0.3, -0.25) is 20.0 Å². The van der Waals surface area contributed by atoms with Gasteiger partial charge in [-0.15, -0.1) is 0 Å². The van der Waals surface area contributed by atoms with Gasteiger partial charge in [-0.2, -0.15) is 10.4 Å². The van der Waals surface area contributed by atoms with Crippen LogP contribution in [-0.2, 0) is 18.6 Å². The summed E-state index contributed by atoms with van der Waals surface area (Å²) in [6.45, 7) is 0.831. The minimum atomic E-state index is -3.40. The third-order valence-electron chi connectivity index (χ3n) is 9.59. The minimum Gasteiger partial charge on any atom is -0.456 e. The molecule has 288 valence electrons. The second-order valence-corrected chi connectivity index (χ2v) is 18.2. The average molecular weight is 791 g/mol. The van der Waals surface area contributed by atoms with Gasteiger partial charge in [0.15, 0.2) is 0 Å². The molecular formula is C42H44N6O6P2. The summed E-state index contributed by atoms with van der Waals surface area (Å²) >= 11 is 0. The Morgan fingerprint density at radius 2 is 0.804 bits per heavy atom. The van der Waals surface area contributed by atoms with Crippen LogP contribution in [0.2, 0.25) is 0 Å². The molecule has 1 saturated carbocycles. The van der Waals surface area contributed by atoms with Crippen molar-refractivity contribution in [3.8, 4) is 0 Å². The molecule has 0 spiro atoms. The van der Waals surface area contributed by atoms with Gasteiger partial charge in [0.05, 0.1) is 0 Å². The maximum atomic E-state index is 14.0. The fraction of sp³-hybridized carbons (Fsp3) is 0.190. The van der Waals surface area contributed by atoms with Gasteiger partial charge in [-0.05, 0) is 31.1 Å². The Hall–Kier alpha value is -5.64. The summed E-state index contributed by atoms with van der Waals surface area (Å²) in [5.74, 6) is 8.15. The van der Waals surface area contributed by atoms with Crippen molar-refractivity contribution in [2.24, 2.45) is 11.8 Å². The average Bonchev–Trinajstić information content (AvgIpc) is 3.24. The van der Waals surface area contributed by atoms with E-state index >= 15 is 0 Å². The molecule has 0 bridgehead atoms. The highest BCUT2D eigenvalue weighted by Gasteiger charge is 2.30. The van der Waals surface area contributed by atoms with Crippen LogP contribution in [-0.4, -0.2) is 25.2 Å². The molecule has 1 fully saturated rings. The molecule has 2 aliphatic heterocycles. The lowest BCUT2D eigenvalue weighted by Gasteiger charge is -2.29. The normalized spacial score (nSPS) is 19.6. The predicted molar refractivity (Wildman–Crippen MR) is 220 cm³/mol. The van der Waals surface area contributed by atoms with E-state index in [4.69, 9.17) is 9.47 Å². The van der Waals surface area contributed by atoms with Crippen LogP contribution in [0.25, 0.3) is 23.0 Å². The second-order valence-electron chi connectivity index (χ2n) is 13.9. The highest BCUT2D eigenvalue weighted by atomic mass is 31.2. The molecule has 3 aliphatic rings. The number of amides is 4. The summed E-state index contributed by atoms with van der Waals surface area (Å²) in [5, 5.41) is 11.3. The molecule has 14 heteroatoms. The minimum absolute atomic E-state index is 0.192. The van der Waals surface area contributed by atoms with Crippen LogP contribution in [0.3, 0.4) is 0 Å². The molecular weight excluding hydrogens is 746 g/mol. The van der Waals surface area contributed by atoms with Gasteiger partial charge in [-0.25, -0.2) is 9.59 Å². The number of carbonyl (C=O) groups is 2. The van der Waals surface area contributed by atoms with Crippen LogP contribution >= 0.6 is 14.6 Å². The number of hydrogen-bond acceptors (Lipinski definition) is 6. The zero-order valence-corrected chi connectivity index (χ0v) is 32.4. The largest absolute Gasteiger partial charge is 0.456 e. The number of urea groups is 2. The standard InChI is InChI=1S/C42H44N6O6P2/c49-41(45-47-55(51)27-37(33-16-5-1-6-17-33)53-38(28-55)34-18-7-2-8-19-34)43-25-31-14-13-15-32(24-31)26-44-42(50)46-48-56(52)29-39(35-20-9-3-10-21-35)54-40(30-56)36-22-11-4-12-23-36/h1-12,16-23,27-32H,13-15,24-26H2,(H,47,51)(H,48,52)(H2,43,45,49)(H2,44,46,50)/t31-,32-/m1/s1. The van der Waals surface area contributed by atoms with Crippen LogP contribution < -0.4 is 31.9 Å². The van der Waals surface area contributed by atoms with Gasteiger partial charge >= 0.3 is 12.1 Å². The highest BCUT2D eigenvalue weighted by Crippen LogP contribution is 2.54. The molecule has 56 heavy (non-hydrogen) atoms. The van der Waals surface area contributed by atoms with Crippen molar-refractivity contribution >= 4 is 49.7 Å². The molecule has 2 atom stereocenters. The van der Waals surface area contributed by atoms with E-state index in [2.05, 4.69) is 31.9 Å². The topological polar surface area (TPSA) is 159 Å². The van der Waals surface area contributed by atoms with E-state index in [0.29, 0.717) is 36.1 Å². The molecule has 0 unspecified atom stereocenters. The van der Waals surface area contributed by atoms with Crippen LogP contribution in [0, 0.1) is 11.8 Å². The summed E-state index contributed by atoms with van der Waals surface area (Å²) < 4.78 is 40.3. The molecule has 0 saturated heterocycles. The van der Waals surface area contributed by atoms with Crippen molar-refractivity contribution in [2.75, 3.05) is 13.1 Å². The van der Waals surface area contributed by atoms with Crippen molar-refractivity contribution in [3.05, 3.63) is 167 Å². The third-order valence-corrected chi connectivity index (χ3v) is 13.0. The van der Waals surface area contributed by atoms with Crippen LogP contribution in [0.4, 0.5) is 9.59 Å². The molecule has 4 aromatic rings. The molecule has 0 radical (unpaired) electrons. The fourth-order valence-electron chi connectivity index (χ4n) is 6.80. The third kappa shape index (κ3) is 10.4. The molecule has 1 aliphatic carbocycles. The Balaban J connectivity index is 0.891. The van der Waals surface area contributed by atoms with Crippen molar-refractivity contribution < 1.29 is 28.2 Å². The van der Waals surface area contributed by atoms with E-state index in [1.165, 1.54) is 23.3 Å². The highest BCUT2D eigenvalue weighted by molar-refractivity contribution is 7.69. The lowest BCUT2D eigenvalue weighted by Crippen LogP contribution is -2.45. The number of rotatable bonds is 12. The van der Waals surface area contributed by atoms with Crippen molar-refractivity contribution in [3.63, 3.8) is 0 Å². The summed E-state index contributed by atoms with van der Waals surface area (Å²) in [6, 6.07) is 36.5. The number of ether oxygens (including phenoxy) is 2. The van der Waals surface area contributed by atoms with Crippen LogP contribution in [0.5, 0.6) is 0 Å². The molecule has 4 amide bonds. The molecule has 2 heterocycles. The Bertz CT molecular complexity index is 1960. The van der Waals surface area contributed by atoms with E-state index in [9.17, 15) is 18.7 Å². The lowest BCUT2D eigenvalue weighted by molar-refractivity contribution is 0.220. The summed E-state index contributed by atoms with van der Waals surface area (Å²) in [4.78, 5) is 25.8. The monoisotopic (exact) mass is 790 g/mol. The van der Waals surface area contributed by atoms with Gasteiger partial charge in [0.1, 0.15) is 23.0 Å². The molecule has 7 rings (SSSR count). The Morgan fingerprint density at radius 3 is 1.11 bits per heavy atom. The van der Waals surface area contributed by atoms with Crippen LogP contribution in [0.15, 0.2) is 145 Å². The molecule has 6 N–H and O–H groups in total. The summed E-state index contributed by atoms with van der Waals surface area (Å²) in [7, 11) is -6.80. The van der Waals surface area contributed by atoms with E-state index in [-0.39, 0.29) is 11.8 Å². The number of benzene rings is 4. The SMILES string of the molecule is O=C(NC[C@@H]1CCC[C@@H](CNC(=O)NNP2(=O)C=C(c3ccccc3)OC(c3ccccc3)=C2)C1)NNP1(=O)C=C(c2ccccc2)OC(c2ccccc2)=C1. The Labute approximate surface area is 326 Å². The number of nitrogens with one attached hydrogen (secondary N) is 6. The summed E-state index contributed by atoms with van der Waals surface area (Å²) in [5.41, 5.74) is 8.19. The lowest BCUT2D eigenvalue weighted by atomic mass is 9.81. The summed E-state index contributed by atoms with van der Waals surface area (Å²) in [6.07, 6.45) is 3.60. The number of hydrazine groups is 2. The number of hydrogen-bond donors (Lipinski definition) is 6. The van der Waals surface area contributed by atoms with E-state index < -0.39 is 26.6 Å². The second kappa shape index (κ2) is 17.9. The van der Waals surface area contributed by atoms with Crippen molar-refractivity contribution in [1.82, 2.24) is 31.9 Å². The predicted octanol–water partition coefficient (Wildman–Crippen LogP) is 9.01. The first-order chi connectivity index (χ1) is 27.2. The van der Waals surface area contributed by atoms with Gasteiger partial charge in [0.2, 0.25) is 14.6 Å². The molecule has 12 nitrogen and oxygen atoms in total. The van der Waals surface area contributed by atoms with E-state index in [1.54, 1.807) is 0 Å². The van der Waals surface area contributed by atoms with Crippen LogP contribution in [0.1, 0.15) is 47.9 Å². The molecule has 0 aromatic heterocycles. The molecule has 4 aromatic carbocycles. The zero-order chi connectivity index (χ0) is 38.8. The Kier molecular flexibility index (Phi) is 12.3. The van der Waals surface area contributed by atoms with E-state index in [1.807, 2.05) is 121 Å². The van der Waals surface area contributed by atoms with Crippen molar-refractivity contribution in [2.45, 2.75) is 25.7 Å². The van der Waals surface area contributed by atoms with E-state index in [0.717, 1.165) is 47.9 Å². The quantitative estimate of drug-likeness (QED) is 0.0613. The Morgan fingerprint density at radius 1 is 0.500 bits per heavy atom.